The highest BCUT2D eigenvalue weighted by Gasteiger charge is 2.18. The summed E-state index contributed by atoms with van der Waals surface area (Å²) in [5.74, 6) is 0.435. The number of carbonyl (C=O) groups is 2. The standard InChI is InChI=1S/C23H26O4/c1-2-17-11-14-19(15-12-17)23(25)27-21-10-6-5-9-20(21)26-22(24)16-13-18-7-3-4-8-18/h5-6,9-12,14-15,18H,2-4,7-8,13,16H2,1H3. The molecular formula is C23H26O4. The summed E-state index contributed by atoms with van der Waals surface area (Å²) in [6, 6.07) is 14.1. The van der Waals surface area contributed by atoms with Crippen molar-refractivity contribution in [2.24, 2.45) is 5.92 Å². The summed E-state index contributed by atoms with van der Waals surface area (Å²) in [4.78, 5) is 24.6. The first-order chi connectivity index (χ1) is 13.2. The van der Waals surface area contributed by atoms with Gasteiger partial charge in [-0.3, -0.25) is 4.79 Å². The van der Waals surface area contributed by atoms with Gasteiger partial charge in [0.15, 0.2) is 11.5 Å². The van der Waals surface area contributed by atoms with Crippen LogP contribution in [0.1, 0.15) is 61.4 Å². The second-order valence-corrected chi connectivity index (χ2v) is 7.05. The zero-order valence-corrected chi connectivity index (χ0v) is 15.8. The van der Waals surface area contributed by atoms with E-state index in [-0.39, 0.29) is 17.5 Å². The average Bonchev–Trinajstić information content (AvgIpc) is 3.21. The first-order valence-electron chi connectivity index (χ1n) is 9.76. The van der Waals surface area contributed by atoms with E-state index in [1.165, 1.54) is 25.7 Å². The summed E-state index contributed by atoms with van der Waals surface area (Å²) in [6.45, 7) is 2.06. The smallest absolute Gasteiger partial charge is 0.343 e. The molecule has 1 aliphatic rings. The third kappa shape index (κ3) is 5.43. The molecule has 3 rings (SSSR count). The molecule has 0 bridgehead atoms. The van der Waals surface area contributed by atoms with E-state index >= 15 is 0 Å². The lowest BCUT2D eigenvalue weighted by Gasteiger charge is -2.12. The molecule has 27 heavy (non-hydrogen) atoms. The topological polar surface area (TPSA) is 52.6 Å². The maximum atomic E-state index is 12.4. The lowest BCUT2D eigenvalue weighted by atomic mass is 10.0. The van der Waals surface area contributed by atoms with Gasteiger partial charge in [-0.25, -0.2) is 4.79 Å². The van der Waals surface area contributed by atoms with Crippen LogP contribution < -0.4 is 9.47 Å². The Balaban J connectivity index is 1.60. The molecule has 0 atom stereocenters. The number of ether oxygens (including phenoxy) is 2. The fourth-order valence-electron chi connectivity index (χ4n) is 3.45. The molecule has 4 heteroatoms. The fraction of sp³-hybridized carbons (Fsp3) is 0.391. The van der Waals surface area contributed by atoms with Crippen molar-refractivity contribution in [3.8, 4) is 11.5 Å². The van der Waals surface area contributed by atoms with Gasteiger partial charge in [0.25, 0.3) is 0 Å². The van der Waals surface area contributed by atoms with Crippen molar-refractivity contribution < 1.29 is 19.1 Å². The van der Waals surface area contributed by atoms with Crippen LogP contribution in [0.4, 0.5) is 0 Å². The number of esters is 2. The van der Waals surface area contributed by atoms with E-state index in [0.717, 1.165) is 18.4 Å². The monoisotopic (exact) mass is 366 g/mol. The summed E-state index contributed by atoms with van der Waals surface area (Å²) in [7, 11) is 0. The Labute approximate surface area is 160 Å². The maximum absolute atomic E-state index is 12.4. The van der Waals surface area contributed by atoms with E-state index in [2.05, 4.69) is 6.92 Å². The van der Waals surface area contributed by atoms with Gasteiger partial charge < -0.3 is 9.47 Å². The van der Waals surface area contributed by atoms with Crippen LogP contribution in [0.3, 0.4) is 0 Å². The van der Waals surface area contributed by atoms with E-state index in [1.807, 2.05) is 12.1 Å². The molecule has 0 radical (unpaired) electrons. The second kappa shape index (κ2) is 9.36. The van der Waals surface area contributed by atoms with E-state index in [0.29, 0.717) is 17.9 Å². The first-order valence-corrected chi connectivity index (χ1v) is 9.76. The van der Waals surface area contributed by atoms with Crippen molar-refractivity contribution in [3.05, 3.63) is 59.7 Å². The van der Waals surface area contributed by atoms with E-state index < -0.39 is 5.97 Å². The molecule has 2 aromatic rings. The number of para-hydroxylation sites is 2. The Morgan fingerprint density at radius 2 is 1.56 bits per heavy atom. The zero-order valence-electron chi connectivity index (χ0n) is 15.8. The average molecular weight is 366 g/mol. The van der Waals surface area contributed by atoms with Crippen LogP contribution in [0.25, 0.3) is 0 Å². The quantitative estimate of drug-likeness (QED) is 0.490. The van der Waals surface area contributed by atoms with Crippen molar-refractivity contribution in [1.82, 2.24) is 0 Å². The molecule has 0 spiro atoms. The Morgan fingerprint density at radius 3 is 2.19 bits per heavy atom. The Bertz CT molecular complexity index is 773. The minimum Gasteiger partial charge on any atom is -0.423 e. The van der Waals surface area contributed by atoms with Crippen LogP contribution in [0, 0.1) is 5.92 Å². The number of hydrogen-bond acceptors (Lipinski definition) is 4. The molecular weight excluding hydrogens is 340 g/mol. The van der Waals surface area contributed by atoms with Crippen molar-refractivity contribution in [2.45, 2.75) is 51.9 Å². The van der Waals surface area contributed by atoms with Crippen molar-refractivity contribution in [2.75, 3.05) is 0 Å². The SMILES string of the molecule is CCc1ccc(C(=O)Oc2ccccc2OC(=O)CCC2CCCC2)cc1. The molecule has 4 nitrogen and oxygen atoms in total. The highest BCUT2D eigenvalue weighted by molar-refractivity contribution is 5.91. The number of carbonyl (C=O) groups excluding carboxylic acids is 2. The van der Waals surface area contributed by atoms with Crippen molar-refractivity contribution in [3.63, 3.8) is 0 Å². The molecule has 0 N–H and O–H groups in total. The number of rotatable bonds is 7. The van der Waals surface area contributed by atoms with E-state index in [1.54, 1.807) is 36.4 Å². The molecule has 2 aromatic carbocycles. The maximum Gasteiger partial charge on any atom is 0.343 e. The lowest BCUT2D eigenvalue weighted by Crippen LogP contribution is -2.13. The predicted octanol–water partition coefficient (Wildman–Crippen LogP) is 5.34. The molecule has 0 amide bonds. The Morgan fingerprint density at radius 1 is 0.926 bits per heavy atom. The van der Waals surface area contributed by atoms with Gasteiger partial charge in [0.2, 0.25) is 0 Å². The van der Waals surface area contributed by atoms with Crippen LogP contribution in [0.15, 0.2) is 48.5 Å². The predicted molar refractivity (Wildman–Crippen MR) is 104 cm³/mol. The van der Waals surface area contributed by atoms with E-state index in [9.17, 15) is 9.59 Å². The number of hydrogen-bond donors (Lipinski definition) is 0. The molecule has 0 aliphatic heterocycles. The van der Waals surface area contributed by atoms with Gasteiger partial charge in [0.1, 0.15) is 0 Å². The fourth-order valence-corrected chi connectivity index (χ4v) is 3.45. The summed E-state index contributed by atoms with van der Waals surface area (Å²) in [6.07, 6.45) is 7.11. The van der Waals surface area contributed by atoms with Gasteiger partial charge in [-0.1, -0.05) is 56.9 Å². The summed E-state index contributed by atoms with van der Waals surface area (Å²) < 4.78 is 10.9. The third-order valence-electron chi connectivity index (χ3n) is 5.10. The van der Waals surface area contributed by atoms with Gasteiger partial charge in [-0.15, -0.1) is 0 Å². The van der Waals surface area contributed by atoms with Gasteiger partial charge in [0.05, 0.1) is 5.56 Å². The van der Waals surface area contributed by atoms with Gasteiger partial charge in [-0.2, -0.15) is 0 Å². The zero-order chi connectivity index (χ0) is 19.1. The normalized spacial score (nSPS) is 14.1. The second-order valence-electron chi connectivity index (χ2n) is 7.05. The van der Waals surface area contributed by atoms with E-state index in [4.69, 9.17) is 9.47 Å². The lowest BCUT2D eigenvalue weighted by molar-refractivity contribution is -0.134. The van der Waals surface area contributed by atoms with Crippen LogP contribution >= 0.6 is 0 Å². The molecule has 1 saturated carbocycles. The minimum atomic E-state index is -0.466. The Hall–Kier alpha value is -2.62. The van der Waals surface area contributed by atoms with Crippen LogP contribution in [-0.2, 0) is 11.2 Å². The van der Waals surface area contributed by atoms with Crippen molar-refractivity contribution in [1.29, 1.82) is 0 Å². The first kappa shape index (κ1) is 19.2. The van der Waals surface area contributed by atoms with Crippen LogP contribution in [0.5, 0.6) is 11.5 Å². The highest BCUT2D eigenvalue weighted by Crippen LogP contribution is 2.30. The Kier molecular flexibility index (Phi) is 6.64. The molecule has 0 heterocycles. The molecule has 0 aromatic heterocycles. The van der Waals surface area contributed by atoms with Crippen LogP contribution in [-0.4, -0.2) is 11.9 Å². The molecule has 142 valence electrons. The minimum absolute atomic E-state index is 0.260. The third-order valence-corrected chi connectivity index (χ3v) is 5.10. The molecule has 0 saturated heterocycles. The van der Waals surface area contributed by atoms with Crippen molar-refractivity contribution >= 4 is 11.9 Å². The van der Waals surface area contributed by atoms with Gasteiger partial charge in [0, 0.05) is 6.42 Å². The summed E-state index contributed by atoms with van der Waals surface area (Å²) in [5, 5.41) is 0. The molecule has 0 unspecified atom stereocenters. The van der Waals surface area contributed by atoms with Crippen LogP contribution in [0.2, 0.25) is 0 Å². The summed E-state index contributed by atoms with van der Waals surface area (Å²) in [5.41, 5.74) is 1.62. The number of aryl methyl sites for hydroxylation is 1. The van der Waals surface area contributed by atoms with Gasteiger partial charge in [-0.05, 0) is 48.6 Å². The molecule has 1 aliphatic carbocycles. The highest BCUT2D eigenvalue weighted by atomic mass is 16.6. The number of benzene rings is 2. The summed E-state index contributed by atoms with van der Waals surface area (Å²) >= 11 is 0. The largest absolute Gasteiger partial charge is 0.423 e. The molecule has 1 fully saturated rings. The van der Waals surface area contributed by atoms with Gasteiger partial charge >= 0.3 is 11.9 Å².